The minimum absolute atomic E-state index is 0.0669. The molecule has 0 radical (unpaired) electrons. The fourth-order valence-electron chi connectivity index (χ4n) is 3.93. The van der Waals surface area contributed by atoms with Crippen LogP contribution in [0.3, 0.4) is 0 Å². The number of carbonyl (C=O) groups is 1. The number of aliphatic hydroxyl groups excluding tert-OH is 3. The van der Waals surface area contributed by atoms with E-state index in [4.69, 9.17) is 9.47 Å². The van der Waals surface area contributed by atoms with E-state index >= 15 is 0 Å². The van der Waals surface area contributed by atoms with Crippen LogP contribution in [-0.2, 0) is 14.3 Å². The fourth-order valence-corrected chi connectivity index (χ4v) is 3.93. The molecular weight excluding hydrogens is 340 g/mol. The van der Waals surface area contributed by atoms with E-state index in [0.717, 1.165) is 0 Å². The van der Waals surface area contributed by atoms with Crippen LogP contribution in [0.4, 0.5) is 0 Å². The lowest BCUT2D eigenvalue weighted by molar-refractivity contribution is -0.258. The van der Waals surface area contributed by atoms with Crippen LogP contribution in [0.15, 0.2) is 12.2 Å². The number of rotatable bonds is 8. The average molecular weight is 372 g/mol. The molecule has 2 fully saturated rings. The summed E-state index contributed by atoms with van der Waals surface area (Å²) in [6.45, 7) is 6.61. The molecule has 0 aliphatic carbocycles. The minimum atomic E-state index is -1.44. The summed E-state index contributed by atoms with van der Waals surface area (Å²) in [5, 5.41) is 40.9. The van der Waals surface area contributed by atoms with Gasteiger partial charge in [-0.2, -0.15) is 0 Å². The molecule has 0 aromatic heterocycles. The number of carbonyl (C=O) groups excluding carboxylic acids is 1. The van der Waals surface area contributed by atoms with Crippen LogP contribution in [0.2, 0.25) is 0 Å². The van der Waals surface area contributed by atoms with E-state index in [-0.39, 0.29) is 25.0 Å². The van der Waals surface area contributed by atoms with Crippen molar-refractivity contribution in [2.45, 2.75) is 70.2 Å². The summed E-state index contributed by atoms with van der Waals surface area (Å²) < 4.78 is 11.0. The first-order valence-corrected chi connectivity index (χ1v) is 9.31. The highest BCUT2D eigenvalue weighted by molar-refractivity contribution is 5.85. The van der Waals surface area contributed by atoms with Crippen molar-refractivity contribution in [1.82, 2.24) is 0 Å². The Labute approximate surface area is 154 Å². The molecule has 2 rings (SSSR count). The fraction of sp³-hybridized carbons (Fsp3) is 0.842. The smallest absolute Gasteiger partial charge is 0.167 e. The first-order valence-electron chi connectivity index (χ1n) is 9.31. The Morgan fingerprint density at radius 2 is 2.08 bits per heavy atom. The number of aliphatic hydroxyl groups is 4. The molecule has 8 atom stereocenters. The van der Waals surface area contributed by atoms with Crippen molar-refractivity contribution in [1.29, 1.82) is 0 Å². The molecule has 2 aliphatic heterocycles. The van der Waals surface area contributed by atoms with Crippen LogP contribution in [0.5, 0.6) is 0 Å². The predicted molar refractivity (Wildman–Crippen MR) is 94.2 cm³/mol. The van der Waals surface area contributed by atoms with Gasteiger partial charge >= 0.3 is 0 Å². The molecule has 0 saturated carbocycles. The minimum Gasteiger partial charge on any atom is -0.396 e. The third-order valence-electron chi connectivity index (χ3n) is 5.83. The Bertz CT molecular complexity index is 536. The van der Waals surface area contributed by atoms with Crippen molar-refractivity contribution in [2.75, 3.05) is 13.2 Å². The summed E-state index contributed by atoms with van der Waals surface area (Å²) in [4.78, 5) is 12.8. The van der Waals surface area contributed by atoms with Crippen LogP contribution < -0.4 is 0 Å². The topological polar surface area (TPSA) is 120 Å². The second kappa shape index (κ2) is 8.04. The summed E-state index contributed by atoms with van der Waals surface area (Å²) in [6.07, 6.45) is 1.55. The van der Waals surface area contributed by atoms with E-state index in [0.29, 0.717) is 6.42 Å². The molecule has 3 unspecified atom stereocenters. The highest BCUT2D eigenvalue weighted by atomic mass is 16.6. The van der Waals surface area contributed by atoms with Crippen molar-refractivity contribution in [3.05, 3.63) is 12.2 Å². The third-order valence-corrected chi connectivity index (χ3v) is 5.83. The maximum atomic E-state index is 12.8. The molecule has 0 bridgehead atoms. The van der Waals surface area contributed by atoms with Gasteiger partial charge in [0, 0.05) is 12.3 Å². The molecule has 0 aromatic rings. The number of ether oxygens (including phenoxy) is 2. The lowest BCUT2D eigenvalue weighted by Crippen LogP contribution is -2.53. The Morgan fingerprint density at radius 3 is 2.58 bits per heavy atom. The van der Waals surface area contributed by atoms with E-state index in [1.807, 2.05) is 26.0 Å². The monoisotopic (exact) mass is 372 g/mol. The largest absolute Gasteiger partial charge is 0.396 e. The summed E-state index contributed by atoms with van der Waals surface area (Å²) in [7, 11) is 0. The lowest BCUT2D eigenvalue weighted by Gasteiger charge is -2.39. The molecule has 0 aromatic carbocycles. The SMILES string of the molecule is C/C=C\[C@H](C)[C@H]1O[C@]1(C)C(O)[C@H](CO)C(=O)C1CO[C@@](O)(CC)CC1O. The Morgan fingerprint density at radius 1 is 1.42 bits per heavy atom. The number of hydrogen-bond donors (Lipinski definition) is 4. The summed E-state index contributed by atoms with van der Waals surface area (Å²) in [6, 6.07) is 0. The standard InChI is InChI=1S/C19H32O7/c1-5-7-11(3)17-18(4,26-17)16(23)12(9-20)15(22)13-10-25-19(24,6-2)8-14(13)21/h5,7,11-14,16-17,20-21,23-24H,6,8-10H2,1-4H3/b7-5-/t11-,12+,13?,14?,16?,17+,18+,19-/m0/s1. The molecule has 2 heterocycles. The van der Waals surface area contributed by atoms with Crippen LogP contribution in [0.1, 0.15) is 40.5 Å². The van der Waals surface area contributed by atoms with Gasteiger partial charge in [-0.3, -0.25) is 4.79 Å². The predicted octanol–water partition coefficient (Wildman–Crippen LogP) is 0.391. The zero-order chi connectivity index (χ0) is 19.7. The maximum absolute atomic E-state index is 12.8. The normalized spacial score (nSPS) is 41.0. The molecule has 2 aliphatic rings. The van der Waals surface area contributed by atoms with Crippen molar-refractivity contribution in [3.8, 4) is 0 Å². The van der Waals surface area contributed by atoms with Gasteiger partial charge in [-0.05, 0) is 20.3 Å². The average Bonchev–Trinajstić information content (AvgIpc) is 3.29. The maximum Gasteiger partial charge on any atom is 0.167 e. The van der Waals surface area contributed by atoms with Gasteiger partial charge in [-0.1, -0.05) is 26.0 Å². The molecule has 0 spiro atoms. The van der Waals surface area contributed by atoms with Crippen molar-refractivity contribution < 1.29 is 34.7 Å². The third kappa shape index (κ3) is 4.03. The number of ketones is 1. The van der Waals surface area contributed by atoms with Crippen molar-refractivity contribution in [3.63, 3.8) is 0 Å². The van der Waals surface area contributed by atoms with Crippen LogP contribution in [-0.4, -0.2) is 69.1 Å². The number of epoxide rings is 1. The van der Waals surface area contributed by atoms with E-state index < -0.39 is 47.8 Å². The Balaban J connectivity index is 2.07. The van der Waals surface area contributed by atoms with Crippen LogP contribution in [0.25, 0.3) is 0 Å². The molecule has 2 saturated heterocycles. The zero-order valence-electron chi connectivity index (χ0n) is 16.0. The van der Waals surface area contributed by atoms with E-state index in [1.54, 1.807) is 13.8 Å². The lowest BCUT2D eigenvalue weighted by atomic mass is 9.78. The van der Waals surface area contributed by atoms with Crippen molar-refractivity contribution >= 4 is 5.78 Å². The quantitative estimate of drug-likeness (QED) is 0.359. The first-order chi connectivity index (χ1) is 12.1. The molecule has 7 nitrogen and oxygen atoms in total. The van der Waals surface area contributed by atoms with Gasteiger partial charge in [0.2, 0.25) is 0 Å². The molecule has 7 heteroatoms. The van der Waals surface area contributed by atoms with Gasteiger partial charge in [0.05, 0.1) is 43.4 Å². The Hall–Kier alpha value is -0.830. The van der Waals surface area contributed by atoms with Crippen molar-refractivity contribution in [2.24, 2.45) is 17.8 Å². The zero-order valence-corrected chi connectivity index (χ0v) is 16.0. The first kappa shape index (κ1) is 21.5. The van der Waals surface area contributed by atoms with Gasteiger partial charge < -0.3 is 29.9 Å². The molecule has 0 amide bonds. The van der Waals surface area contributed by atoms with E-state index in [1.165, 1.54) is 0 Å². The van der Waals surface area contributed by atoms with Gasteiger partial charge in [0.25, 0.3) is 0 Å². The Kier molecular flexibility index (Phi) is 6.64. The van der Waals surface area contributed by atoms with Gasteiger partial charge in [-0.15, -0.1) is 0 Å². The number of allylic oxidation sites excluding steroid dienone is 1. The van der Waals surface area contributed by atoms with Gasteiger partial charge in [0.1, 0.15) is 11.4 Å². The highest BCUT2D eigenvalue weighted by Crippen LogP contribution is 2.47. The number of hydrogen-bond acceptors (Lipinski definition) is 7. The molecule has 4 N–H and O–H groups in total. The molecule has 150 valence electrons. The second-order valence-electron chi connectivity index (χ2n) is 7.73. The van der Waals surface area contributed by atoms with E-state index in [9.17, 15) is 25.2 Å². The van der Waals surface area contributed by atoms with Gasteiger partial charge in [0.15, 0.2) is 5.79 Å². The van der Waals surface area contributed by atoms with Gasteiger partial charge in [-0.25, -0.2) is 0 Å². The summed E-state index contributed by atoms with van der Waals surface area (Å²) in [5.41, 5.74) is -0.924. The summed E-state index contributed by atoms with van der Waals surface area (Å²) >= 11 is 0. The highest BCUT2D eigenvalue weighted by Gasteiger charge is 2.62. The second-order valence-corrected chi connectivity index (χ2v) is 7.73. The summed E-state index contributed by atoms with van der Waals surface area (Å²) in [5.74, 6) is -3.83. The number of Topliss-reactive ketones (excluding diaryl/α,β-unsaturated/α-hetero) is 1. The molecule has 26 heavy (non-hydrogen) atoms. The molecular formula is C19H32O7. The van der Waals surface area contributed by atoms with Crippen LogP contribution in [0, 0.1) is 17.8 Å². The van der Waals surface area contributed by atoms with Crippen LogP contribution >= 0.6 is 0 Å². The van der Waals surface area contributed by atoms with E-state index in [2.05, 4.69) is 0 Å².